The van der Waals surface area contributed by atoms with Crippen LogP contribution in [-0.2, 0) is 16.6 Å². The molecule has 8 heteroatoms. The largest absolute Gasteiger partial charge is 0.313 e. The van der Waals surface area contributed by atoms with Crippen molar-refractivity contribution in [3.05, 3.63) is 41.8 Å². The lowest BCUT2D eigenvalue weighted by Crippen LogP contribution is -2.19. The van der Waals surface area contributed by atoms with Crippen molar-refractivity contribution in [2.45, 2.75) is 24.9 Å². The van der Waals surface area contributed by atoms with Crippen molar-refractivity contribution >= 4 is 15.7 Å². The van der Waals surface area contributed by atoms with E-state index in [9.17, 15) is 12.8 Å². The highest BCUT2D eigenvalue weighted by Crippen LogP contribution is 2.19. The second-order valence-corrected chi connectivity index (χ2v) is 6.11. The van der Waals surface area contributed by atoms with Crippen LogP contribution in [0.4, 0.5) is 10.1 Å². The fourth-order valence-corrected chi connectivity index (χ4v) is 3.00. The molecule has 0 unspecified atom stereocenters. The number of nitrogens with zero attached hydrogens (tertiary/aromatic N) is 1. The van der Waals surface area contributed by atoms with E-state index in [2.05, 4.69) is 20.2 Å². The van der Waals surface area contributed by atoms with E-state index in [1.54, 1.807) is 6.07 Å². The minimum atomic E-state index is -3.91. The van der Waals surface area contributed by atoms with E-state index in [-0.39, 0.29) is 10.7 Å². The number of benzene rings is 1. The fourth-order valence-electron chi connectivity index (χ4n) is 1.80. The van der Waals surface area contributed by atoms with Gasteiger partial charge in [0.2, 0.25) is 0 Å². The summed E-state index contributed by atoms with van der Waals surface area (Å²) in [6.45, 7) is 3.16. The highest BCUT2D eigenvalue weighted by Gasteiger charge is 2.21. The Morgan fingerprint density at radius 1 is 1.33 bits per heavy atom. The van der Waals surface area contributed by atoms with Crippen LogP contribution in [0.3, 0.4) is 0 Å². The Hall–Kier alpha value is -1.93. The third-order valence-electron chi connectivity index (χ3n) is 2.81. The number of H-pyrrole nitrogens is 1. The number of aromatic amines is 1. The Bertz CT molecular complexity index is 700. The minimum Gasteiger partial charge on any atom is -0.313 e. The summed E-state index contributed by atoms with van der Waals surface area (Å²) in [5.74, 6) is -0.633. The van der Waals surface area contributed by atoms with Gasteiger partial charge in [0.1, 0.15) is 5.82 Å². The predicted molar refractivity (Wildman–Crippen MR) is 77.8 cm³/mol. The molecular weight excluding hydrogens is 295 g/mol. The molecule has 1 aromatic heterocycles. The third kappa shape index (κ3) is 3.79. The zero-order valence-electron chi connectivity index (χ0n) is 11.6. The van der Waals surface area contributed by atoms with Gasteiger partial charge in [0.25, 0.3) is 10.0 Å². The highest BCUT2D eigenvalue weighted by molar-refractivity contribution is 7.92. The SMILES string of the molecule is CCCNCc1cn[nH]c1S(=O)(=O)Nc1ccccc1F. The van der Waals surface area contributed by atoms with Gasteiger partial charge in [0, 0.05) is 12.1 Å². The molecule has 6 nitrogen and oxygen atoms in total. The number of nitrogens with one attached hydrogen (secondary N) is 3. The van der Waals surface area contributed by atoms with Crippen LogP contribution in [-0.4, -0.2) is 25.2 Å². The van der Waals surface area contributed by atoms with Gasteiger partial charge in [-0.15, -0.1) is 0 Å². The van der Waals surface area contributed by atoms with Crippen LogP contribution in [0.5, 0.6) is 0 Å². The summed E-state index contributed by atoms with van der Waals surface area (Å²) >= 11 is 0. The van der Waals surface area contributed by atoms with Gasteiger partial charge >= 0.3 is 0 Å². The lowest BCUT2D eigenvalue weighted by atomic mass is 10.3. The van der Waals surface area contributed by atoms with Gasteiger partial charge in [-0.3, -0.25) is 9.82 Å². The van der Waals surface area contributed by atoms with Gasteiger partial charge in [-0.25, -0.2) is 4.39 Å². The molecule has 1 aromatic carbocycles. The summed E-state index contributed by atoms with van der Waals surface area (Å²) in [5.41, 5.74) is 0.409. The molecule has 0 saturated carbocycles. The normalized spacial score (nSPS) is 11.5. The van der Waals surface area contributed by atoms with Crippen molar-refractivity contribution in [1.82, 2.24) is 15.5 Å². The van der Waals surface area contributed by atoms with Crippen LogP contribution in [0.15, 0.2) is 35.5 Å². The van der Waals surface area contributed by atoms with Crippen molar-refractivity contribution in [2.75, 3.05) is 11.3 Å². The first-order valence-electron chi connectivity index (χ1n) is 6.55. The number of hydrogen-bond acceptors (Lipinski definition) is 4. The van der Waals surface area contributed by atoms with Crippen LogP contribution in [0.25, 0.3) is 0 Å². The minimum absolute atomic E-state index is 0.0608. The molecule has 0 spiro atoms. The molecule has 0 saturated heterocycles. The molecule has 2 aromatic rings. The van der Waals surface area contributed by atoms with Crippen molar-refractivity contribution < 1.29 is 12.8 Å². The van der Waals surface area contributed by atoms with E-state index in [0.29, 0.717) is 12.1 Å². The van der Waals surface area contributed by atoms with Crippen molar-refractivity contribution in [3.63, 3.8) is 0 Å². The molecule has 0 radical (unpaired) electrons. The second-order valence-electron chi connectivity index (χ2n) is 4.49. The molecule has 0 aliphatic carbocycles. The van der Waals surface area contributed by atoms with Crippen molar-refractivity contribution in [3.8, 4) is 0 Å². The van der Waals surface area contributed by atoms with Gasteiger partial charge < -0.3 is 5.32 Å². The molecule has 0 fully saturated rings. The summed E-state index contributed by atoms with van der Waals surface area (Å²) < 4.78 is 40.3. The maximum atomic E-state index is 13.5. The monoisotopic (exact) mass is 312 g/mol. The van der Waals surface area contributed by atoms with E-state index in [1.165, 1.54) is 24.4 Å². The molecular formula is C13H17FN4O2S. The molecule has 0 amide bonds. The number of rotatable bonds is 7. The van der Waals surface area contributed by atoms with Gasteiger partial charge in [-0.2, -0.15) is 13.5 Å². The smallest absolute Gasteiger partial charge is 0.279 e. The molecule has 0 bridgehead atoms. The van der Waals surface area contributed by atoms with Crippen LogP contribution in [0.1, 0.15) is 18.9 Å². The maximum absolute atomic E-state index is 13.5. The summed E-state index contributed by atoms with van der Waals surface area (Å²) in [6, 6.07) is 5.59. The second kappa shape index (κ2) is 6.68. The topological polar surface area (TPSA) is 86.9 Å². The zero-order valence-corrected chi connectivity index (χ0v) is 12.4. The number of aromatic nitrogens is 2. The van der Waals surface area contributed by atoms with Gasteiger partial charge in [0.15, 0.2) is 5.03 Å². The number of para-hydroxylation sites is 1. The Morgan fingerprint density at radius 2 is 2.10 bits per heavy atom. The number of hydrogen-bond donors (Lipinski definition) is 3. The standard InChI is InChI=1S/C13H17FN4O2S/c1-2-7-15-8-10-9-16-17-13(10)21(19,20)18-12-6-4-3-5-11(12)14/h3-6,9,15,18H,2,7-8H2,1H3,(H,16,17). The lowest BCUT2D eigenvalue weighted by molar-refractivity contribution is 0.591. The quantitative estimate of drug-likeness (QED) is 0.681. The molecule has 3 N–H and O–H groups in total. The Balaban J connectivity index is 2.20. The van der Waals surface area contributed by atoms with E-state index in [1.807, 2.05) is 6.92 Å². The number of anilines is 1. The average molecular weight is 312 g/mol. The fraction of sp³-hybridized carbons (Fsp3) is 0.308. The molecule has 21 heavy (non-hydrogen) atoms. The van der Waals surface area contributed by atoms with Gasteiger partial charge in [-0.1, -0.05) is 19.1 Å². The Kier molecular flexibility index (Phi) is 4.92. The van der Waals surface area contributed by atoms with Crippen molar-refractivity contribution in [1.29, 1.82) is 0 Å². The predicted octanol–water partition coefficient (Wildman–Crippen LogP) is 1.85. The van der Waals surface area contributed by atoms with E-state index in [4.69, 9.17) is 0 Å². The zero-order chi connectivity index (χ0) is 15.3. The summed E-state index contributed by atoms with van der Waals surface area (Å²) in [7, 11) is -3.91. The number of sulfonamides is 1. The van der Waals surface area contributed by atoms with E-state index in [0.717, 1.165) is 13.0 Å². The molecule has 114 valence electrons. The first kappa shape index (κ1) is 15.5. The molecule has 1 heterocycles. The Labute approximate surface area is 122 Å². The summed E-state index contributed by atoms with van der Waals surface area (Å²) in [5, 5.41) is 9.24. The first-order chi connectivity index (χ1) is 10.0. The molecule has 0 aliphatic rings. The molecule has 2 rings (SSSR count). The Morgan fingerprint density at radius 3 is 2.81 bits per heavy atom. The highest BCUT2D eigenvalue weighted by atomic mass is 32.2. The third-order valence-corrected chi connectivity index (χ3v) is 4.19. The van der Waals surface area contributed by atoms with Crippen molar-refractivity contribution in [2.24, 2.45) is 0 Å². The molecule has 0 aliphatic heterocycles. The average Bonchev–Trinajstić information content (AvgIpc) is 2.91. The first-order valence-corrected chi connectivity index (χ1v) is 8.03. The van der Waals surface area contributed by atoms with Crippen LogP contribution in [0, 0.1) is 5.82 Å². The number of halogens is 1. The van der Waals surface area contributed by atoms with Crippen LogP contribution < -0.4 is 10.0 Å². The summed E-state index contributed by atoms with van der Waals surface area (Å²) in [6.07, 6.45) is 2.38. The van der Waals surface area contributed by atoms with E-state index < -0.39 is 15.8 Å². The van der Waals surface area contributed by atoms with Crippen LogP contribution >= 0.6 is 0 Å². The van der Waals surface area contributed by atoms with E-state index >= 15 is 0 Å². The van der Waals surface area contributed by atoms with Gasteiger partial charge in [-0.05, 0) is 25.1 Å². The summed E-state index contributed by atoms with van der Waals surface area (Å²) in [4.78, 5) is 0. The maximum Gasteiger partial charge on any atom is 0.279 e. The molecule has 0 atom stereocenters. The van der Waals surface area contributed by atoms with Gasteiger partial charge in [0.05, 0.1) is 11.9 Å². The lowest BCUT2D eigenvalue weighted by Gasteiger charge is -2.09. The van der Waals surface area contributed by atoms with Crippen LogP contribution in [0.2, 0.25) is 0 Å².